The maximum absolute atomic E-state index is 12.4. The second-order valence-electron chi connectivity index (χ2n) is 4.76. The van der Waals surface area contributed by atoms with Gasteiger partial charge in [0.2, 0.25) is 0 Å². The summed E-state index contributed by atoms with van der Waals surface area (Å²) in [6.45, 7) is 6.66. The molecule has 20 heavy (non-hydrogen) atoms. The van der Waals surface area contributed by atoms with Gasteiger partial charge < -0.3 is 10.0 Å². The number of nitrogens with zero attached hydrogens (tertiary/aromatic N) is 2. The van der Waals surface area contributed by atoms with Crippen LogP contribution in [0, 0.1) is 11.8 Å². The van der Waals surface area contributed by atoms with Crippen molar-refractivity contribution in [3.8, 4) is 11.8 Å². The SMILES string of the molecule is CCCN1CCN(C(=O)c2ccc(C#CCO)s2)CC1. The summed E-state index contributed by atoms with van der Waals surface area (Å²) in [5.74, 6) is 5.54. The van der Waals surface area contributed by atoms with Gasteiger partial charge >= 0.3 is 0 Å². The van der Waals surface area contributed by atoms with E-state index in [0.717, 1.165) is 48.9 Å². The van der Waals surface area contributed by atoms with Gasteiger partial charge in [0.05, 0.1) is 9.75 Å². The summed E-state index contributed by atoms with van der Waals surface area (Å²) < 4.78 is 0. The number of carbonyl (C=O) groups is 1. The van der Waals surface area contributed by atoms with Crippen molar-refractivity contribution < 1.29 is 9.90 Å². The third-order valence-corrected chi connectivity index (χ3v) is 4.30. The Hall–Kier alpha value is -1.35. The van der Waals surface area contributed by atoms with E-state index in [-0.39, 0.29) is 12.5 Å². The molecule has 1 N–H and O–H groups in total. The fourth-order valence-electron chi connectivity index (χ4n) is 2.29. The zero-order valence-corrected chi connectivity index (χ0v) is 12.6. The van der Waals surface area contributed by atoms with Crippen LogP contribution in [0.25, 0.3) is 0 Å². The summed E-state index contributed by atoms with van der Waals surface area (Å²) in [5.41, 5.74) is 0. The minimum Gasteiger partial charge on any atom is -0.384 e. The van der Waals surface area contributed by atoms with E-state index < -0.39 is 0 Å². The van der Waals surface area contributed by atoms with Crippen molar-refractivity contribution in [3.63, 3.8) is 0 Å². The average molecular weight is 292 g/mol. The number of piperazine rings is 1. The Morgan fingerprint density at radius 1 is 1.35 bits per heavy atom. The Morgan fingerprint density at radius 2 is 2.10 bits per heavy atom. The van der Waals surface area contributed by atoms with E-state index in [4.69, 9.17) is 5.11 Å². The number of carbonyl (C=O) groups excluding carboxylic acids is 1. The molecular weight excluding hydrogens is 272 g/mol. The highest BCUT2D eigenvalue weighted by Crippen LogP contribution is 2.18. The van der Waals surface area contributed by atoms with Crippen LogP contribution in [0.4, 0.5) is 0 Å². The maximum atomic E-state index is 12.4. The molecule has 1 aliphatic heterocycles. The van der Waals surface area contributed by atoms with Crippen LogP contribution in [0.1, 0.15) is 27.9 Å². The molecule has 4 nitrogen and oxygen atoms in total. The van der Waals surface area contributed by atoms with Crippen LogP contribution in [0.2, 0.25) is 0 Å². The lowest BCUT2D eigenvalue weighted by Crippen LogP contribution is -2.48. The molecule has 1 saturated heterocycles. The van der Waals surface area contributed by atoms with E-state index in [1.54, 1.807) is 0 Å². The summed E-state index contributed by atoms with van der Waals surface area (Å²) >= 11 is 1.40. The number of rotatable bonds is 3. The number of thiophene rings is 1. The molecule has 108 valence electrons. The van der Waals surface area contributed by atoms with Crippen LogP contribution >= 0.6 is 11.3 Å². The highest BCUT2D eigenvalue weighted by molar-refractivity contribution is 7.14. The molecule has 0 spiro atoms. The smallest absolute Gasteiger partial charge is 0.264 e. The average Bonchev–Trinajstić information content (AvgIpc) is 2.94. The van der Waals surface area contributed by atoms with Gasteiger partial charge in [-0.1, -0.05) is 18.8 Å². The highest BCUT2D eigenvalue weighted by atomic mass is 32.1. The summed E-state index contributed by atoms with van der Waals surface area (Å²) in [5, 5.41) is 8.67. The summed E-state index contributed by atoms with van der Waals surface area (Å²) in [7, 11) is 0. The van der Waals surface area contributed by atoms with E-state index in [2.05, 4.69) is 23.7 Å². The van der Waals surface area contributed by atoms with Crippen LogP contribution in [0.3, 0.4) is 0 Å². The normalized spacial score (nSPS) is 15.8. The molecule has 0 aromatic carbocycles. The lowest BCUT2D eigenvalue weighted by atomic mass is 10.2. The van der Waals surface area contributed by atoms with Gasteiger partial charge in [0.15, 0.2) is 0 Å². The lowest BCUT2D eigenvalue weighted by Gasteiger charge is -2.34. The first-order chi connectivity index (χ1) is 9.74. The van der Waals surface area contributed by atoms with Crippen molar-refractivity contribution in [1.29, 1.82) is 0 Å². The lowest BCUT2D eigenvalue weighted by molar-refractivity contribution is 0.0642. The molecule has 5 heteroatoms. The minimum atomic E-state index is -0.152. The van der Waals surface area contributed by atoms with Crippen LogP contribution in [-0.2, 0) is 0 Å². The maximum Gasteiger partial charge on any atom is 0.264 e. The van der Waals surface area contributed by atoms with Crippen molar-refractivity contribution in [2.24, 2.45) is 0 Å². The second-order valence-corrected chi connectivity index (χ2v) is 5.84. The monoisotopic (exact) mass is 292 g/mol. The molecule has 1 amide bonds. The van der Waals surface area contributed by atoms with Gasteiger partial charge in [-0.3, -0.25) is 9.69 Å². The predicted molar refractivity (Wildman–Crippen MR) is 80.9 cm³/mol. The summed E-state index contributed by atoms with van der Waals surface area (Å²) in [4.78, 5) is 18.2. The summed E-state index contributed by atoms with van der Waals surface area (Å²) in [6, 6.07) is 3.67. The van der Waals surface area contributed by atoms with Crippen LogP contribution in [0.15, 0.2) is 12.1 Å². The van der Waals surface area contributed by atoms with Crippen molar-refractivity contribution >= 4 is 17.2 Å². The quantitative estimate of drug-likeness (QED) is 0.853. The van der Waals surface area contributed by atoms with Crippen molar-refractivity contribution in [3.05, 3.63) is 21.9 Å². The van der Waals surface area contributed by atoms with Gasteiger partial charge in [-0.25, -0.2) is 0 Å². The predicted octanol–water partition coefficient (Wildman–Crippen LogP) is 1.26. The molecule has 0 bridgehead atoms. The number of aliphatic hydroxyl groups is 1. The van der Waals surface area contributed by atoms with Crippen molar-refractivity contribution in [1.82, 2.24) is 9.80 Å². The molecule has 0 unspecified atom stereocenters. The standard InChI is InChI=1S/C15H20N2O2S/c1-2-7-16-8-10-17(11-9-16)15(19)14-6-5-13(20-14)4-3-12-18/h5-6,18H,2,7-12H2,1H3. The zero-order chi connectivity index (χ0) is 14.4. The van der Waals surface area contributed by atoms with E-state index in [0.29, 0.717) is 0 Å². The Morgan fingerprint density at radius 3 is 2.75 bits per heavy atom. The Labute approximate surface area is 124 Å². The number of amides is 1. The van der Waals surface area contributed by atoms with Gasteiger partial charge in [0, 0.05) is 26.2 Å². The van der Waals surface area contributed by atoms with Crippen LogP contribution in [-0.4, -0.2) is 60.1 Å². The molecule has 0 radical (unpaired) electrons. The molecule has 1 fully saturated rings. The Kier molecular flexibility index (Phi) is 5.60. The second kappa shape index (κ2) is 7.44. The number of hydrogen-bond acceptors (Lipinski definition) is 4. The third kappa shape index (κ3) is 3.83. The van der Waals surface area contributed by atoms with E-state index in [1.165, 1.54) is 11.3 Å². The van der Waals surface area contributed by atoms with Crippen LogP contribution in [0.5, 0.6) is 0 Å². The van der Waals surface area contributed by atoms with E-state index in [9.17, 15) is 4.79 Å². The van der Waals surface area contributed by atoms with Gasteiger partial charge in [-0.05, 0) is 25.1 Å². The Balaban J connectivity index is 1.93. The van der Waals surface area contributed by atoms with E-state index >= 15 is 0 Å². The van der Waals surface area contributed by atoms with E-state index in [1.807, 2.05) is 17.0 Å². The van der Waals surface area contributed by atoms with Gasteiger partial charge in [-0.15, -0.1) is 11.3 Å². The molecule has 1 aromatic rings. The highest BCUT2D eigenvalue weighted by Gasteiger charge is 2.22. The number of hydrogen-bond donors (Lipinski definition) is 1. The van der Waals surface area contributed by atoms with Gasteiger partial charge in [0.1, 0.15) is 6.61 Å². The Bertz CT molecular complexity index is 507. The molecule has 1 aliphatic rings. The van der Waals surface area contributed by atoms with Crippen molar-refractivity contribution in [2.45, 2.75) is 13.3 Å². The van der Waals surface area contributed by atoms with Crippen LogP contribution < -0.4 is 0 Å². The molecular formula is C15H20N2O2S. The first kappa shape index (κ1) is 15.0. The molecule has 0 saturated carbocycles. The molecule has 2 heterocycles. The zero-order valence-electron chi connectivity index (χ0n) is 11.8. The number of aliphatic hydroxyl groups excluding tert-OH is 1. The van der Waals surface area contributed by atoms with Gasteiger partial charge in [0.25, 0.3) is 5.91 Å². The molecule has 2 rings (SSSR count). The van der Waals surface area contributed by atoms with Crippen molar-refractivity contribution in [2.75, 3.05) is 39.3 Å². The topological polar surface area (TPSA) is 43.8 Å². The third-order valence-electron chi connectivity index (χ3n) is 3.31. The molecule has 0 atom stereocenters. The van der Waals surface area contributed by atoms with Gasteiger partial charge in [-0.2, -0.15) is 0 Å². The molecule has 1 aromatic heterocycles. The first-order valence-corrected chi connectivity index (χ1v) is 7.77. The fraction of sp³-hybridized carbons (Fsp3) is 0.533. The fourth-order valence-corrected chi connectivity index (χ4v) is 3.14. The minimum absolute atomic E-state index is 0.100. The summed E-state index contributed by atoms with van der Waals surface area (Å²) in [6.07, 6.45) is 1.16. The first-order valence-electron chi connectivity index (χ1n) is 6.95. The molecule has 0 aliphatic carbocycles. The largest absolute Gasteiger partial charge is 0.384 e.